The smallest absolute Gasteiger partial charge is 0.328 e. The molecule has 1 rings (SSSR count). The third-order valence-corrected chi connectivity index (χ3v) is 4.68. The number of unbranched alkanes of at least 4 members (excludes halogenated alkanes) is 2. The SMILES string of the molecule is CCCCCOC(=O)C(CC)(CC)C(=O)Oc1c(Cl)cccc1Cl. The highest BCUT2D eigenvalue weighted by atomic mass is 35.5. The summed E-state index contributed by atoms with van der Waals surface area (Å²) in [5.41, 5.74) is -1.35. The average molecular weight is 375 g/mol. The van der Waals surface area contributed by atoms with Crippen LogP contribution in [0.1, 0.15) is 52.9 Å². The van der Waals surface area contributed by atoms with Crippen LogP contribution in [0.5, 0.6) is 5.75 Å². The fourth-order valence-corrected chi connectivity index (χ4v) is 2.81. The maximum absolute atomic E-state index is 12.7. The molecule has 6 heteroatoms. The van der Waals surface area contributed by atoms with E-state index in [1.165, 1.54) is 0 Å². The summed E-state index contributed by atoms with van der Waals surface area (Å²) in [6, 6.07) is 4.79. The molecule has 24 heavy (non-hydrogen) atoms. The minimum atomic E-state index is -1.35. The standard InChI is InChI=1S/C18H24Cl2O4/c1-4-7-8-12-23-16(21)18(5-2,6-3)17(22)24-15-13(19)10-9-11-14(15)20/h9-11H,4-8,12H2,1-3H3. The number of esters is 2. The van der Waals surface area contributed by atoms with E-state index in [1.54, 1.807) is 32.0 Å². The topological polar surface area (TPSA) is 52.6 Å². The minimum Gasteiger partial charge on any atom is -0.465 e. The number of halogens is 2. The summed E-state index contributed by atoms with van der Waals surface area (Å²) >= 11 is 12.1. The van der Waals surface area contributed by atoms with E-state index in [1.807, 2.05) is 0 Å². The molecule has 0 amide bonds. The molecule has 0 saturated heterocycles. The van der Waals surface area contributed by atoms with Crippen LogP contribution in [0.3, 0.4) is 0 Å². The molecule has 0 aliphatic rings. The van der Waals surface area contributed by atoms with Crippen LogP contribution in [0.15, 0.2) is 18.2 Å². The van der Waals surface area contributed by atoms with Gasteiger partial charge in [-0.25, -0.2) is 0 Å². The summed E-state index contributed by atoms with van der Waals surface area (Å²) in [6.45, 7) is 5.88. The van der Waals surface area contributed by atoms with E-state index in [4.69, 9.17) is 32.7 Å². The molecule has 0 atom stereocenters. The number of rotatable bonds is 9. The summed E-state index contributed by atoms with van der Waals surface area (Å²) in [5.74, 6) is -1.18. The van der Waals surface area contributed by atoms with E-state index in [0.717, 1.165) is 19.3 Å². The third kappa shape index (κ3) is 4.87. The Kier molecular flexibility index (Phi) is 8.57. The zero-order chi connectivity index (χ0) is 18.2. The first-order valence-corrected chi connectivity index (χ1v) is 9.02. The lowest BCUT2D eigenvalue weighted by molar-refractivity contribution is -0.168. The highest BCUT2D eigenvalue weighted by Gasteiger charge is 2.46. The summed E-state index contributed by atoms with van der Waals surface area (Å²) < 4.78 is 10.7. The number of para-hydroxylation sites is 1. The van der Waals surface area contributed by atoms with Gasteiger partial charge < -0.3 is 9.47 Å². The molecular formula is C18H24Cl2O4. The monoisotopic (exact) mass is 374 g/mol. The van der Waals surface area contributed by atoms with Crippen molar-refractivity contribution in [1.82, 2.24) is 0 Å². The molecule has 1 aromatic rings. The van der Waals surface area contributed by atoms with Crippen molar-refractivity contribution in [2.24, 2.45) is 5.41 Å². The number of benzene rings is 1. The Hall–Kier alpha value is -1.26. The highest BCUT2D eigenvalue weighted by Crippen LogP contribution is 2.36. The first-order chi connectivity index (χ1) is 11.4. The van der Waals surface area contributed by atoms with Crippen LogP contribution in [0.4, 0.5) is 0 Å². The number of hydrogen-bond acceptors (Lipinski definition) is 4. The van der Waals surface area contributed by atoms with Crippen molar-refractivity contribution in [2.45, 2.75) is 52.9 Å². The molecule has 134 valence electrons. The Labute approximate surface area is 153 Å². The molecule has 0 radical (unpaired) electrons. The Balaban J connectivity index is 2.92. The summed E-state index contributed by atoms with van der Waals surface area (Å²) in [7, 11) is 0. The highest BCUT2D eigenvalue weighted by molar-refractivity contribution is 6.37. The lowest BCUT2D eigenvalue weighted by atomic mass is 9.82. The van der Waals surface area contributed by atoms with Gasteiger partial charge in [-0.2, -0.15) is 0 Å². The Morgan fingerprint density at radius 1 is 1.00 bits per heavy atom. The van der Waals surface area contributed by atoms with Gasteiger partial charge >= 0.3 is 11.9 Å². The fourth-order valence-electron chi connectivity index (χ4n) is 2.34. The second-order valence-electron chi connectivity index (χ2n) is 5.57. The first kappa shape index (κ1) is 20.8. The predicted molar refractivity (Wildman–Crippen MR) is 95.6 cm³/mol. The maximum Gasteiger partial charge on any atom is 0.328 e. The van der Waals surface area contributed by atoms with Gasteiger partial charge in [-0.3, -0.25) is 9.59 Å². The normalized spacial score (nSPS) is 11.2. The number of carbonyl (C=O) groups excluding carboxylic acids is 2. The molecule has 0 spiro atoms. The largest absolute Gasteiger partial charge is 0.465 e. The summed E-state index contributed by atoms with van der Waals surface area (Å²) in [6.07, 6.45) is 3.32. The van der Waals surface area contributed by atoms with Crippen LogP contribution < -0.4 is 4.74 Å². The molecule has 1 aromatic carbocycles. The van der Waals surface area contributed by atoms with Crippen LogP contribution in [-0.4, -0.2) is 18.5 Å². The molecule has 4 nitrogen and oxygen atoms in total. The molecule has 0 N–H and O–H groups in total. The number of hydrogen-bond donors (Lipinski definition) is 0. The van der Waals surface area contributed by atoms with Gasteiger partial charge in [0.15, 0.2) is 11.2 Å². The van der Waals surface area contributed by atoms with Gasteiger partial charge in [0, 0.05) is 0 Å². The molecule has 0 aromatic heterocycles. The van der Waals surface area contributed by atoms with E-state index >= 15 is 0 Å². The van der Waals surface area contributed by atoms with Crippen molar-refractivity contribution >= 4 is 35.1 Å². The Morgan fingerprint density at radius 2 is 1.58 bits per heavy atom. The van der Waals surface area contributed by atoms with Gasteiger partial charge in [0.25, 0.3) is 0 Å². The second-order valence-corrected chi connectivity index (χ2v) is 6.39. The molecule has 0 heterocycles. The molecule has 0 saturated carbocycles. The summed E-state index contributed by atoms with van der Waals surface area (Å²) in [4.78, 5) is 25.2. The van der Waals surface area contributed by atoms with Crippen molar-refractivity contribution in [1.29, 1.82) is 0 Å². The third-order valence-electron chi connectivity index (χ3n) is 4.08. The summed E-state index contributed by atoms with van der Waals surface area (Å²) in [5, 5.41) is 0.432. The average Bonchev–Trinajstić information content (AvgIpc) is 2.57. The van der Waals surface area contributed by atoms with Crippen molar-refractivity contribution in [2.75, 3.05) is 6.61 Å². The lowest BCUT2D eigenvalue weighted by Crippen LogP contribution is -2.42. The predicted octanol–water partition coefficient (Wildman–Crippen LogP) is 5.44. The van der Waals surface area contributed by atoms with Crippen LogP contribution in [0.2, 0.25) is 10.0 Å². The van der Waals surface area contributed by atoms with Crippen LogP contribution in [0, 0.1) is 5.41 Å². The Morgan fingerprint density at radius 3 is 2.08 bits per heavy atom. The van der Waals surface area contributed by atoms with Gasteiger partial charge in [0.05, 0.1) is 16.7 Å². The van der Waals surface area contributed by atoms with E-state index in [-0.39, 0.29) is 28.6 Å². The van der Waals surface area contributed by atoms with Crippen LogP contribution in [0.25, 0.3) is 0 Å². The number of ether oxygens (including phenoxy) is 2. The fraction of sp³-hybridized carbons (Fsp3) is 0.556. The molecule has 0 aliphatic carbocycles. The van der Waals surface area contributed by atoms with Crippen molar-refractivity contribution in [3.8, 4) is 5.75 Å². The van der Waals surface area contributed by atoms with E-state index in [0.29, 0.717) is 6.61 Å². The van der Waals surface area contributed by atoms with Crippen LogP contribution in [-0.2, 0) is 14.3 Å². The van der Waals surface area contributed by atoms with Gasteiger partial charge in [-0.15, -0.1) is 0 Å². The van der Waals surface area contributed by atoms with E-state index in [9.17, 15) is 9.59 Å². The van der Waals surface area contributed by atoms with Crippen molar-refractivity contribution < 1.29 is 19.1 Å². The van der Waals surface area contributed by atoms with Gasteiger partial charge in [-0.05, 0) is 31.4 Å². The molecule has 0 unspecified atom stereocenters. The quantitative estimate of drug-likeness (QED) is 0.250. The van der Waals surface area contributed by atoms with E-state index in [2.05, 4.69) is 6.92 Å². The molecule has 0 fully saturated rings. The molecule has 0 bridgehead atoms. The second kappa shape index (κ2) is 9.90. The van der Waals surface area contributed by atoms with Crippen molar-refractivity contribution in [3.05, 3.63) is 28.2 Å². The lowest BCUT2D eigenvalue weighted by Gasteiger charge is -2.27. The van der Waals surface area contributed by atoms with Gasteiger partial charge in [-0.1, -0.05) is 62.9 Å². The van der Waals surface area contributed by atoms with Crippen molar-refractivity contribution in [3.63, 3.8) is 0 Å². The Bertz CT molecular complexity index is 548. The zero-order valence-corrected chi connectivity index (χ0v) is 15.9. The molecule has 0 aliphatic heterocycles. The molecular weight excluding hydrogens is 351 g/mol. The first-order valence-electron chi connectivity index (χ1n) is 8.26. The van der Waals surface area contributed by atoms with Gasteiger partial charge in [0.2, 0.25) is 0 Å². The van der Waals surface area contributed by atoms with Gasteiger partial charge in [0.1, 0.15) is 0 Å². The number of carbonyl (C=O) groups is 2. The van der Waals surface area contributed by atoms with E-state index < -0.39 is 17.4 Å². The zero-order valence-electron chi connectivity index (χ0n) is 14.4. The van der Waals surface area contributed by atoms with Crippen LogP contribution >= 0.6 is 23.2 Å². The minimum absolute atomic E-state index is 0.0656. The maximum atomic E-state index is 12.7.